The zero-order valence-corrected chi connectivity index (χ0v) is 13.1. The van der Waals surface area contributed by atoms with E-state index >= 15 is 0 Å². The van der Waals surface area contributed by atoms with Crippen LogP contribution in [0, 0.1) is 0 Å². The summed E-state index contributed by atoms with van der Waals surface area (Å²) in [5, 5.41) is 4.68. The van der Waals surface area contributed by atoms with Gasteiger partial charge in [0.15, 0.2) is 0 Å². The molecule has 2 aromatic carbocycles. The summed E-state index contributed by atoms with van der Waals surface area (Å²) in [5.41, 5.74) is 2.25. The van der Waals surface area contributed by atoms with Crippen molar-refractivity contribution in [3.63, 3.8) is 0 Å². The van der Waals surface area contributed by atoms with Gasteiger partial charge in [-0.1, -0.05) is 41.4 Å². The number of hydrogen-bond acceptors (Lipinski definition) is 2. The van der Waals surface area contributed by atoms with Crippen LogP contribution in [0.4, 0.5) is 5.69 Å². The smallest absolute Gasteiger partial charge is 0.0595 e. The lowest BCUT2D eigenvalue weighted by Gasteiger charge is -2.18. The first kappa shape index (κ1) is 14.6. The fraction of sp³-hybridized carbons (Fsp3) is 0.200. The number of halogens is 2. The summed E-state index contributed by atoms with van der Waals surface area (Å²) in [6, 6.07) is 14.2. The topological polar surface area (TPSA) is 12.0 Å². The highest BCUT2D eigenvalue weighted by Gasteiger charge is 2.09. The molecule has 0 bridgehead atoms. The average molecular weight is 312 g/mol. The minimum absolute atomic E-state index is 0.170. The summed E-state index contributed by atoms with van der Waals surface area (Å²) in [7, 11) is 0. The molecule has 1 unspecified atom stereocenters. The van der Waals surface area contributed by atoms with Gasteiger partial charge in [0.2, 0.25) is 0 Å². The average Bonchev–Trinajstić information content (AvgIpc) is 2.42. The highest BCUT2D eigenvalue weighted by Crippen LogP contribution is 2.30. The largest absolute Gasteiger partial charge is 0.378 e. The molecule has 2 rings (SSSR count). The van der Waals surface area contributed by atoms with Crippen LogP contribution in [0.15, 0.2) is 47.4 Å². The van der Waals surface area contributed by atoms with Crippen molar-refractivity contribution in [3.8, 4) is 0 Å². The van der Waals surface area contributed by atoms with Crippen molar-refractivity contribution in [1.29, 1.82) is 0 Å². The van der Waals surface area contributed by atoms with Crippen LogP contribution in [0.3, 0.4) is 0 Å². The van der Waals surface area contributed by atoms with Gasteiger partial charge in [-0.3, -0.25) is 0 Å². The second kappa shape index (κ2) is 6.56. The number of thioether (sulfide) groups is 1. The van der Waals surface area contributed by atoms with Crippen molar-refractivity contribution in [1.82, 2.24) is 0 Å². The van der Waals surface area contributed by atoms with Crippen molar-refractivity contribution in [2.45, 2.75) is 17.9 Å². The Morgan fingerprint density at radius 1 is 1.05 bits per heavy atom. The fourth-order valence-electron chi connectivity index (χ4n) is 1.86. The first-order valence-corrected chi connectivity index (χ1v) is 7.94. The third-order valence-electron chi connectivity index (χ3n) is 2.92. The Labute approximate surface area is 128 Å². The van der Waals surface area contributed by atoms with E-state index in [1.54, 1.807) is 11.8 Å². The summed E-state index contributed by atoms with van der Waals surface area (Å²) in [5.74, 6) is 0. The molecule has 1 N–H and O–H groups in total. The summed E-state index contributed by atoms with van der Waals surface area (Å²) in [4.78, 5) is 1.23. The minimum Gasteiger partial charge on any atom is -0.378 e. The molecule has 0 amide bonds. The van der Waals surface area contributed by atoms with E-state index < -0.39 is 0 Å². The standard InChI is InChI=1S/C15H15Cl2NS/c1-10(11-7-8-12(16)13(17)9-11)18-14-5-3-4-6-15(14)19-2/h3-10,18H,1-2H3. The van der Waals surface area contributed by atoms with Gasteiger partial charge in [0.25, 0.3) is 0 Å². The highest BCUT2D eigenvalue weighted by molar-refractivity contribution is 7.98. The SMILES string of the molecule is CSc1ccccc1NC(C)c1ccc(Cl)c(Cl)c1. The molecule has 1 atom stereocenters. The summed E-state index contributed by atoms with van der Waals surface area (Å²) in [6.45, 7) is 2.11. The molecule has 2 aromatic rings. The molecule has 0 saturated heterocycles. The van der Waals surface area contributed by atoms with Crippen LogP contribution < -0.4 is 5.32 Å². The van der Waals surface area contributed by atoms with Crippen LogP contribution in [0.25, 0.3) is 0 Å². The first-order valence-electron chi connectivity index (χ1n) is 5.96. The van der Waals surface area contributed by atoms with Gasteiger partial charge in [0.05, 0.1) is 10.0 Å². The molecule has 0 aromatic heterocycles. The van der Waals surface area contributed by atoms with Gasteiger partial charge < -0.3 is 5.32 Å². The molecule has 0 spiro atoms. The highest BCUT2D eigenvalue weighted by atomic mass is 35.5. The van der Waals surface area contributed by atoms with E-state index in [-0.39, 0.29) is 6.04 Å². The lowest BCUT2D eigenvalue weighted by atomic mass is 10.1. The van der Waals surface area contributed by atoms with Gasteiger partial charge in [-0.15, -0.1) is 11.8 Å². The molecule has 0 radical (unpaired) electrons. The van der Waals surface area contributed by atoms with E-state index in [1.807, 2.05) is 30.3 Å². The first-order chi connectivity index (χ1) is 9.11. The Bertz CT molecular complexity index is 572. The molecular weight excluding hydrogens is 297 g/mol. The molecule has 0 fully saturated rings. The lowest BCUT2D eigenvalue weighted by molar-refractivity contribution is 0.879. The lowest BCUT2D eigenvalue weighted by Crippen LogP contribution is -2.07. The van der Waals surface area contributed by atoms with Crippen molar-refractivity contribution in [2.75, 3.05) is 11.6 Å². The zero-order valence-electron chi connectivity index (χ0n) is 10.8. The van der Waals surface area contributed by atoms with Crippen LogP contribution >= 0.6 is 35.0 Å². The number of rotatable bonds is 4. The molecule has 100 valence electrons. The summed E-state index contributed by atoms with van der Waals surface area (Å²) >= 11 is 13.7. The van der Waals surface area contributed by atoms with E-state index in [9.17, 15) is 0 Å². The molecule has 0 aliphatic carbocycles. The van der Waals surface area contributed by atoms with Gasteiger partial charge >= 0.3 is 0 Å². The van der Waals surface area contributed by atoms with Crippen molar-refractivity contribution >= 4 is 40.7 Å². The normalized spacial score (nSPS) is 12.2. The molecule has 4 heteroatoms. The number of hydrogen-bond donors (Lipinski definition) is 1. The van der Waals surface area contributed by atoms with Crippen LogP contribution in [0.5, 0.6) is 0 Å². The Kier molecular flexibility index (Phi) is 5.03. The summed E-state index contributed by atoms with van der Waals surface area (Å²) < 4.78 is 0. The van der Waals surface area contributed by atoms with Gasteiger partial charge in [-0.05, 0) is 43.0 Å². The maximum atomic E-state index is 6.06. The molecule has 0 heterocycles. The maximum absolute atomic E-state index is 6.06. The maximum Gasteiger partial charge on any atom is 0.0595 e. The van der Waals surface area contributed by atoms with Gasteiger partial charge in [0.1, 0.15) is 0 Å². The zero-order chi connectivity index (χ0) is 13.8. The second-order valence-corrected chi connectivity index (χ2v) is 5.90. The Morgan fingerprint density at radius 3 is 2.47 bits per heavy atom. The minimum atomic E-state index is 0.170. The van der Waals surface area contributed by atoms with Crippen molar-refractivity contribution in [2.24, 2.45) is 0 Å². The number of benzene rings is 2. The predicted molar refractivity (Wildman–Crippen MR) is 86.7 cm³/mol. The molecule has 19 heavy (non-hydrogen) atoms. The van der Waals surface area contributed by atoms with Gasteiger partial charge in [-0.2, -0.15) is 0 Å². The van der Waals surface area contributed by atoms with Crippen LogP contribution in [-0.2, 0) is 0 Å². The Morgan fingerprint density at radius 2 is 1.79 bits per heavy atom. The molecular formula is C15H15Cl2NS. The Hall–Kier alpha value is -0.830. The summed E-state index contributed by atoms with van der Waals surface area (Å²) in [6.07, 6.45) is 2.07. The second-order valence-electron chi connectivity index (χ2n) is 4.24. The van der Waals surface area contributed by atoms with Crippen LogP contribution in [-0.4, -0.2) is 6.26 Å². The van der Waals surface area contributed by atoms with E-state index in [1.165, 1.54) is 4.90 Å². The number of para-hydroxylation sites is 1. The van der Waals surface area contributed by atoms with E-state index in [0.29, 0.717) is 10.0 Å². The fourth-order valence-corrected chi connectivity index (χ4v) is 2.73. The van der Waals surface area contributed by atoms with Crippen LogP contribution in [0.2, 0.25) is 10.0 Å². The Balaban J connectivity index is 2.20. The van der Waals surface area contributed by atoms with Crippen molar-refractivity contribution < 1.29 is 0 Å². The third-order valence-corrected chi connectivity index (χ3v) is 4.46. The molecule has 0 saturated carbocycles. The molecule has 0 aliphatic heterocycles. The van der Waals surface area contributed by atoms with E-state index in [4.69, 9.17) is 23.2 Å². The third kappa shape index (κ3) is 3.59. The van der Waals surface area contributed by atoms with Crippen molar-refractivity contribution in [3.05, 3.63) is 58.1 Å². The monoisotopic (exact) mass is 311 g/mol. The van der Waals surface area contributed by atoms with Gasteiger partial charge in [0, 0.05) is 16.6 Å². The van der Waals surface area contributed by atoms with E-state index in [0.717, 1.165) is 11.3 Å². The quantitative estimate of drug-likeness (QED) is 0.707. The van der Waals surface area contributed by atoms with Crippen LogP contribution in [0.1, 0.15) is 18.5 Å². The van der Waals surface area contributed by atoms with Gasteiger partial charge in [-0.25, -0.2) is 0 Å². The predicted octanol–water partition coefficient (Wildman–Crippen LogP) is 5.89. The number of nitrogens with one attached hydrogen (secondary N) is 1. The molecule has 0 aliphatic rings. The van der Waals surface area contributed by atoms with E-state index in [2.05, 4.69) is 30.6 Å². The number of anilines is 1. The molecule has 1 nitrogen and oxygen atoms in total.